The molecule has 1 aliphatic heterocycles. The number of anilines is 2. The molecule has 1 aliphatic rings. The van der Waals surface area contributed by atoms with Crippen LogP contribution in [0.2, 0.25) is 0 Å². The normalized spacial score (nSPS) is 14.9. The Balaban J connectivity index is 1.70. The number of nitrogens with one attached hydrogen (secondary N) is 1. The molecule has 14 heteroatoms. The molecule has 1 N–H and O–H groups in total. The fourth-order valence-corrected chi connectivity index (χ4v) is 6.00. The fourth-order valence-electron chi connectivity index (χ4n) is 3.60. The van der Waals surface area contributed by atoms with Gasteiger partial charge in [-0.2, -0.15) is 4.31 Å². The van der Waals surface area contributed by atoms with Crippen molar-refractivity contribution < 1.29 is 39.9 Å². The lowest BCUT2D eigenvalue weighted by atomic mass is 10.2. The Hall–Kier alpha value is -2.81. The van der Waals surface area contributed by atoms with Gasteiger partial charge in [0.1, 0.15) is 5.75 Å². The fraction of sp³-hybridized carbons (Fsp3) is 0.409. The third-order valence-corrected chi connectivity index (χ3v) is 8.50. The largest absolute Gasteiger partial charge is 0.495 e. The number of morpholine rings is 1. The van der Waals surface area contributed by atoms with Gasteiger partial charge in [-0.1, -0.05) is 0 Å². The second-order valence-corrected chi connectivity index (χ2v) is 11.8. The number of rotatable bonds is 10. The van der Waals surface area contributed by atoms with Gasteiger partial charge in [0.05, 0.1) is 42.8 Å². The number of benzene rings is 2. The van der Waals surface area contributed by atoms with Crippen molar-refractivity contribution in [2.45, 2.75) is 17.7 Å². The van der Waals surface area contributed by atoms with Crippen LogP contribution in [0.15, 0.2) is 41.3 Å². The molecule has 0 aromatic heterocycles. The topological polar surface area (TPSA) is 122 Å². The van der Waals surface area contributed by atoms with Crippen LogP contribution >= 0.6 is 0 Å². The van der Waals surface area contributed by atoms with Gasteiger partial charge in [-0.05, 0) is 36.8 Å². The summed E-state index contributed by atoms with van der Waals surface area (Å²) in [5.74, 6) is -2.59. The Morgan fingerprint density at radius 2 is 1.78 bits per heavy atom. The average Bonchev–Trinajstić information content (AvgIpc) is 2.83. The molecule has 1 amide bonds. The summed E-state index contributed by atoms with van der Waals surface area (Å²) >= 11 is 0. The van der Waals surface area contributed by atoms with Gasteiger partial charge in [-0.15, -0.1) is 0 Å². The lowest BCUT2D eigenvalue weighted by molar-refractivity contribution is -0.116. The molecule has 0 saturated carbocycles. The quantitative estimate of drug-likeness (QED) is 0.484. The zero-order valence-corrected chi connectivity index (χ0v) is 21.4. The number of sulfonamides is 2. The highest BCUT2D eigenvalue weighted by molar-refractivity contribution is 7.92. The number of hydrogen-bond donors (Lipinski definition) is 1. The van der Waals surface area contributed by atoms with Gasteiger partial charge in [0.2, 0.25) is 26.0 Å². The summed E-state index contributed by atoms with van der Waals surface area (Å²) in [5, 5.41) is 2.60. The molecule has 0 unspecified atom stereocenters. The number of methoxy groups -OCH3 is 1. The highest BCUT2D eigenvalue weighted by Crippen LogP contribution is 2.29. The van der Waals surface area contributed by atoms with Crippen molar-refractivity contribution in [1.82, 2.24) is 4.31 Å². The molecule has 1 heterocycles. The lowest BCUT2D eigenvalue weighted by Gasteiger charge is -2.26. The Bertz CT molecular complexity index is 1310. The highest BCUT2D eigenvalue weighted by atomic mass is 32.2. The second-order valence-electron chi connectivity index (χ2n) is 7.96. The molecule has 0 radical (unpaired) electrons. The predicted octanol–water partition coefficient (Wildman–Crippen LogP) is 2.18. The van der Waals surface area contributed by atoms with Gasteiger partial charge in [0.25, 0.3) is 0 Å². The van der Waals surface area contributed by atoms with Crippen LogP contribution in [0.3, 0.4) is 0 Å². The first kappa shape index (κ1) is 27.8. The van der Waals surface area contributed by atoms with E-state index >= 15 is 0 Å². The first-order chi connectivity index (χ1) is 16.9. The molecule has 198 valence electrons. The van der Waals surface area contributed by atoms with Gasteiger partial charge in [-0.25, -0.2) is 25.6 Å². The first-order valence-electron chi connectivity index (χ1n) is 10.9. The van der Waals surface area contributed by atoms with Crippen molar-refractivity contribution in [3.8, 4) is 5.75 Å². The van der Waals surface area contributed by atoms with Crippen molar-refractivity contribution in [2.24, 2.45) is 0 Å². The van der Waals surface area contributed by atoms with E-state index in [2.05, 4.69) is 5.32 Å². The van der Waals surface area contributed by atoms with E-state index < -0.39 is 37.6 Å². The molecule has 1 saturated heterocycles. The number of carbonyl (C=O) groups excluding carboxylic acids is 1. The van der Waals surface area contributed by atoms with Crippen molar-refractivity contribution in [2.75, 3.05) is 55.8 Å². The van der Waals surface area contributed by atoms with Crippen molar-refractivity contribution in [3.05, 3.63) is 48.0 Å². The van der Waals surface area contributed by atoms with Crippen molar-refractivity contribution >= 4 is 37.3 Å². The number of amides is 1. The maximum Gasteiger partial charge on any atom is 0.243 e. The minimum absolute atomic E-state index is 0.0258. The maximum atomic E-state index is 13.6. The summed E-state index contributed by atoms with van der Waals surface area (Å²) in [5.41, 5.74) is 0.0666. The summed E-state index contributed by atoms with van der Waals surface area (Å²) in [4.78, 5) is 12.6. The smallest absolute Gasteiger partial charge is 0.243 e. The van der Waals surface area contributed by atoms with Gasteiger partial charge in [-0.3, -0.25) is 9.10 Å². The van der Waals surface area contributed by atoms with Crippen LogP contribution in [0.5, 0.6) is 5.75 Å². The Morgan fingerprint density at radius 1 is 1.08 bits per heavy atom. The van der Waals surface area contributed by atoms with Crippen LogP contribution < -0.4 is 14.4 Å². The maximum absolute atomic E-state index is 13.6. The minimum Gasteiger partial charge on any atom is -0.495 e. The SMILES string of the molecule is COc1ccc(S(=O)(=O)N2CCOCC2)cc1NC(=O)CCCN(c1ccc(F)c(F)c1)S(C)(=O)=O. The zero-order chi connectivity index (χ0) is 26.5. The van der Waals surface area contributed by atoms with Crippen LogP contribution in [-0.4, -0.2) is 73.3 Å². The number of halogens is 2. The molecule has 36 heavy (non-hydrogen) atoms. The zero-order valence-electron chi connectivity index (χ0n) is 19.7. The predicted molar refractivity (Wildman–Crippen MR) is 129 cm³/mol. The summed E-state index contributed by atoms with van der Waals surface area (Å²) < 4.78 is 89.7. The molecule has 3 rings (SSSR count). The molecule has 2 aromatic carbocycles. The van der Waals surface area contributed by atoms with Crippen LogP contribution in [0.25, 0.3) is 0 Å². The third-order valence-electron chi connectivity index (χ3n) is 5.41. The molecule has 0 atom stereocenters. The molecular formula is C22H27F2N3O7S2. The van der Waals surface area contributed by atoms with Crippen LogP contribution in [0, 0.1) is 11.6 Å². The summed E-state index contributed by atoms with van der Waals surface area (Å²) in [6.45, 7) is 0.831. The van der Waals surface area contributed by atoms with Gasteiger partial charge >= 0.3 is 0 Å². The molecule has 1 fully saturated rings. The van der Waals surface area contributed by atoms with E-state index in [-0.39, 0.29) is 67.7 Å². The van der Waals surface area contributed by atoms with Crippen LogP contribution in [-0.2, 0) is 29.6 Å². The van der Waals surface area contributed by atoms with Crippen LogP contribution in [0.4, 0.5) is 20.2 Å². The van der Waals surface area contributed by atoms with E-state index in [4.69, 9.17) is 9.47 Å². The van der Waals surface area contributed by atoms with Crippen LogP contribution in [0.1, 0.15) is 12.8 Å². The third kappa shape index (κ3) is 6.69. The number of carbonyl (C=O) groups is 1. The molecule has 0 bridgehead atoms. The Kier molecular flexibility index (Phi) is 8.87. The van der Waals surface area contributed by atoms with E-state index in [0.717, 1.165) is 28.8 Å². The standard InChI is InChI=1S/C22H27F2N3O7S2/c1-33-21-8-6-17(36(31,32)26-10-12-34-13-11-26)15-20(21)25-22(28)4-3-9-27(35(2,29)30)16-5-7-18(23)19(24)14-16/h5-8,14-15H,3-4,9-13H2,1-2H3,(H,25,28). The van der Waals surface area contributed by atoms with E-state index in [0.29, 0.717) is 0 Å². The Labute approximate surface area is 208 Å². The monoisotopic (exact) mass is 547 g/mol. The van der Waals surface area contributed by atoms with Gasteiger partial charge in [0, 0.05) is 32.1 Å². The molecule has 0 aliphatic carbocycles. The number of nitrogens with zero attached hydrogens (tertiary/aromatic N) is 2. The minimum atomic E-state index is -3.84. The summed E-state index contributed by atoms with van der Waals surface area (Å²) in [7, 11) is -6.28. The summed E-state index contributed by atoms with van der Waals surface area (Å²) in [6, 6.07) is 6.82. The van der Waals surface area contributed by atoms with E-state index in [9.17, 15) is 30.4 Å². The number of ether oxygens (including phenoxy) is 2. The number of hydrogen-bond acceptors (Lipinski definition) is 7. The second kappa shape index (κ2) is 11.5. The highest BCUT2D eigenvalue weighted by Gasteiger charge is 2.27. The van der Waals surface area contributed by atoms with E-state index in [1.165, 1.54) is 29.6 Å². The summed E-state index contributed by atoms with van der Waals surface area (Å²) in [6.07, 6.45) is 0.824. The Morgan fingerprint density at radius 3 is 2.39 bits per heavy atom. The molecule has 10 nitrogen and oxygen atoms in total. The molecule has 0 spiro atoms. The van der Waals surface area contributed by atoms with E-state index in [1.54, 1.807) is 0 Å². The van der Waals surface area contributed by atoms with Gasteiger partial charge in [0.15, 0.2) is 11.6 Å². The first-order valence-corrected chi connectivity index (χ1v) is 14.2. The van der Waals surface area contributed by atoms with Gasteiger partial charge < -0.3 is 14.8 Å². The molecule has 2 aromatic rings. The lowest BCUT2D eigenvalue weighted by Crippen LogP contribution is -2.40. The molecular weight excluding hydrogens is 520 g/mol. The van der Waals surface area contributed by atoms with Crippen molar-refractivity contribution in [3.63, 3.8) is 0 Å². The van der Waals surface area contributed by atoms with E-state index in [1.807, 2.05) is 0 Å². The van der Waals surface area contributed by atoms with Crippen molar-refractivity contribution in [1.29, 1.82) is 0 Å². The average molecular weight is 548 g/mol.